The second-order valence-electron chi connectivity index (χ2n) is 7.36. The van der Waals surface area contributed by atoms with Crippen molar-refractivity contribution in [3.8, 4) is 0 Å². The van der Waals surface area contributed by atoms with Crippen LogP contribution in [-0.2, 0) is 9.53 Å². The van der Waals surface area contributed by atoms with E-state index < -0.39 is 5.60 Å². The van der Waals surface area contributed by atoms with Crippen LogP contribution in [-0.4, -0.2) is 59.3 Å². The Hall–Kier alpha value is -0.910. The topological polar surface area (TPSA) is 49.9 Å². The van der Waals surface area contributed by atoms with Crippen LogP contribution < -0.4 is 0 Å². The number of amides is 2. The van der Waals surface area contributed by atoms with Crippen molar-refractivity contribution < 1.29 is 14.3 Å². The summed E-state index contributed by atoms with van der Waals surface area (Å²) >= 11 is 4.11. The Labute approximate surface area is 133 Å². The molecule has 0 radical (unpaired) electrons. The van der Waals surface area contributed by atoms with Gasteiger partial charge >= 0.3 is 6.09 Å². The van der Waals surface area contributed by atoms with Crippen molar-refractivity contribution in [2.75, 3.05) is 31.9 Å². The SMILES string of the molecule is CC1(C)CN(C(=O)CCS)CCN(C(=O)OC(C)(C)C)C1. The molecule has 0 aromatic heterocycles. The molecule has 1 heterocycles. The van der Waals surface area contributed by atoms with Crippen molar-refractivity contribution >= 4 is 24.6 Å². The molecule has 1 saturated heterocycles. The van der Waals surface area contributed by atoms with E-state index in [0.29, 0.717) is 38.4 Å². The third-order valence-corrected chi connectivity index (χ3v) is 3.43. The summed E-state index contributed by atoms with van der Waals surface area (Å²) in [5, 5.41) is 0. The van der Waals surface area contributed by atoms with E-state index in [9.17, 15) is 9.59 Å². The van der Waals surface area contributed by atoms with Gasteiger partial charge in [0.1, 0.15) is 5.60 Å². The van der Waals surface area contributed by atoms with Gasteiger partial charge in [-0.05, 0) is 26.5 Å². The van der Waals surface area contributed by atoms with E-state index in [1.807, 2.05) is 25.7 Å². The Kier molecular flexibility index (Phi) is 5.96. The second kappa shape index (κ2) is 6.90. The lowest BCUT2D eigenvalue weighted by Gasteiger charge is -2.31. The fourth-order valence-electron chi connectivity index (χ4n) is 2.43. The van der Waals surface area contributed by atoms with Gasteiger partial charge in [0.25, 0.3) is 0 Å². The molecule has 0 aliphatic carbocycles. The van der Waals surface area contributed by atoms with Gasteiger partial charge in [-0.25, -0.2) is 4.79 Å². The Morgan fingerprint density at radius 1 is 1.14 bits per heavy atom. The maximum atomic E-state index is 12.2. The van der Waals surface area contributed by atoms with Crippen LogP contribution in [0.2, 0.25) is 0 Å². The van der Waals surface area contributed by atoms with E-state index >= 15 is 0 Å². The summed E-state index contributed by atoms with van der Waals surface area (Å²) in [6, 6.07) is 0. The predicted octanol–water partition coefficient (Wildman–Crippen LogP) is 2.41. The van der Waals surface area contributed by atoms with Crippen LogP contribution in [0.3, 0.4) is 0 Å². The first-order valence-corrected chi connectivity index (χ1v) is 8.04. The van der Waals surface area contributed by atoms with Gasteiger partial charge in [0.2, 0.25) is 5.91 Å². The summed E-state index contributed by atoms with van der Waals surface area (Å²) in [5.41, 5.74) is -0.658. The maximum absolute atomic E-state index is 12.2. The number of rotatable bonds is 2. The third-order valence-electron chi connectivity index (χ3n) is 3.21. The van der Waals surface area contributed by atoms with Crippen molar-refractivity contribution in [2.24, 2.45) is 5.41 Å². The van der Waals surface area contributed by atoms with Crippen LogP contribution in [0.25, 0.3) is 0 Å². The highest BCUT2D eigenvalue weighted by Gasteiger charge is 2.34. The van der Waals surface area contributed by atoms with Gasteiger partial charge in [0.15, 0.2) is 0 Å². The van der Waals surface area contributed by atoms with Crippen LogP contribution >= 0.6 is 12.6 Å². The van der Waals surface area contributed by atoms with E-state index in [4.69, 9.17) is 4.74 Å². The summed E-state index contributed by atoms with van der Waals surface area (Å²) < 4.78 is 5.44. The van der Waals surface area contributed by atoms with Crippen molar-refractivity contribution in [2.45, 2.75) is 46.6 Å². The number of nitrogens with zero attached hydrogens (tertiary/aromatic N) is 2. The summed E-state index contributed by atoms with van der Waals surface area (Å²) in [6.45, 7) is 12.0. The van der Waals surface area contributed by atoms with Crippen LogP contribution in [0.5, 0.6) is 0 Å². The molecule has 1 aliphatic rings. The first-order chi connectivity index (χ1) is 9.54. The Bertz CT molecular complexity index is 391. The molecule has 0 N–H and O–H groups in total. The molecule has 1 rings (SSSR count). The maximum Gasteiger partial charge on any atom is 0.410 e. The number of hydrogen-bond donors (Lipinski definition) is 1. The number of thiol groups is 1. The summed E-state index contributed by atoms with van der Waals surface area (Å²) in [6.07, 6.45) is 0.130. The fourth-order valence-corrected chi connectivity index (χ4v) is 2.62. The lowest BCUT2D eigenvalue weighted by molar-refractivity contribution is -0.131. The van der Waals surface area contributed by atoms with Crippen LogP contribution in [0.15, 0.2) is 0 Å². The van der Waals surface area contributed by atoms with Gasteiger partial charge < -0.3 is 14.5 Å². The van der Waals surface area contributed by atoms with E-state index in [0.717, 1.165) is 0 Å². The Balaban J connectivity index is 2.76. The minimum Gasteiger partial charge on any atom is -0.444 e. The molecule has 0 spiro atoms. The first kappa shape index (κ1) is 18.1. The van der Waals surface area contributed by atoms with Gasteiger partial charge in [-0.1, -0.05) is 13.8 Å². The van der Waals surface area contributed by atoms with E-state index in [1.54, 1.807) is 4.90 Å². The van der Waals surface area contributed by atoms with E-state index in [2.05, 4.69) is 26.5 Å². The zero-order valence-corrected chi connectivity index (χ0v) is 14.7. The number of carbonyl (C=O) groups excluding carboxylic acids is 2. The minimum absolute atomic E-state index is 0.101. The molecule has 21 heavy (non-hydrogen) atoms. The zero-order valence-electron chi connectivity index (χ0n) is 13.8. The summed E-state index contributed by atoms with van der Waals surface area (Å²) in [4.78, 5) is 27.9. The average Bonchev–Trinajstić information content (AvgIpc) is 2.45. The summed E-state index contributed by atoms with van der Waals surface area (Å²) in [5.74, 6) is 0.648. The van der Waals surface area contributed by atoms with Crippen molar-refractivity contribution in [1.82, 2.24) is 9.80 Å². The fraction of sp³-hybridized carbons (Fsp3) is 0.867. The third kappa shape index (κ3) is 6.16. The Morgan fingerprint density at radius 2 is 1.67 bits per heavy atom. The van der Waals surface area contributed by atoms with Gasteiger partial charge in [0.05, 0.1) is 0 Å². The van der Waals surface area contributed by atoms with Crippen molar-refractivity contribution in [3.05, 3.63) is 0 Å². The largest absolute Gasteiger partial charge is 0.444 e. The minimum atomic E-state index is -0.505. The van der Waals surface area contributed by atoms with Gasteiger partial charge in [-0.3, -0.25) is 4.79 Å². The zero-order chi connectivity index (χ0) is 16.3. The molecular weight excluding hydrogens is 288 g/mol. The van der Waals surface area contributed by atoms with Crippen LogP contribution in [0.4, 0.5) is 4.79 Å². The van der Waals surface area contributed by atoms with E-state index in [1.165, 1.54) is 0 Å². The predicted molar refractivity (Wildman–Crippen MR) is 86.6 cm³/mol. The highest BCUT2D eigenvalue weighted by Crippen LogP contribution is 2.24. The standard InChI is InChI=1S/C15H28N2O3S/c1-14(2,3)20-13(19)17-8-7-16(12(18)6-9-21)10-15(4,5)11-17/h21H,6-11H2,1-5H3. The molecule has 0 unspecified atom stereocenters. The molecule has 1 fully saturated rings. The highest BCUT2D eigenvalue weighted by atomic mass is 32.1. The number of hydrogen-bond acceptors (Lipinski definition) is 4. The lowest BCUT2D eigenvalue weighted by atomic mass is 9.92. The molecule has 0 aromatic rings. The molecule has 0 aromatic carbocycles. The smallest absolute Gasteiger partial charge is 0.410 e. The molecule has 0 atom stereocenters. The summed E-state index contributed by atoms with van der Waals surface area (Å²) in [7, 11) is 0. The molecule has 0 bridgehead atoms. The quantitative estimate of drug-likeness (QED) is 0.796. The van der Waals surface area contributed by atoms with Crippen molar-refractivity contribution in [3.63, 3.8) is 0 Å². The lowest BCUT2D eigenvalue weighted by Crippen LogP contribution is -2.42. The molecule has 2 amide bonds. The van der Waals surface area contributed by atoms with Gasteiger partial charge in [0, 0.05) is 38.0 Å². The van der Waals surface area contributed by atoms with Crippen LogP contribution in [0.1, 0.15) is 41.0 Å². The molecule has 1 aliphatic heterocycles. The van der Waals surface area contributed by atoms with E-state index in [-0.39, 0.29) is 17.4 Å². The average molecular weight is 316 g/mol. The molecule has 122 valence electrons. The van der Waals surface area contributed by atoms with Crippen LogP contribution in [0, 0.1) is 5.41 Å². The molecule has 5 nitrogen and oxygen atoms in total. The second-order valence-corrected chi connectivity index (χ2v) is 7.80. The molecular formula is C15H28N2O3S. The monoisotopic (exact) mass is 316 g/mol. The molecule has 6 heteroatoms. The normalized spacial score (nSPS) is 19.1. The molecule has 0 saturated carbocycles. The number of ether oxygens (including phenoxy) is 1. The van der Waals surface area contributed by atoms with Gasteiger partial charge in [-0.15, -0.1) is 0 Å². The Morgan fingerprint density at radius 3 is 2.19 bits per heavy atom. The van der Waals surface area contributed by atoms with Gasteiger partial charge in [-0.2, -0.15) is 12.6 Å². The number of carbonyl (C=O) groups is 2. The first-order valence-electron chi connectivity index (χ1n) is 7.41. The van der Waals surface area contributed by atoms with Crippen molar-refractivity contribution in [1.29, 1.82) is 0 Å². The highest BCUT2D eigenvalue weighted by molar-refractivity contribution is 7.80.